The van der Waals surface area contributed by atoms with E-state index >= 15 is 0 Å². The average Bonchev–Trinajstić information content (AvgIpc) is 2.45. The van der Waals surface area contributed by atoms with Crippen molar-refractivity contribution >= 4 is 5.82 Å². The molecule has 118 valence electrons. The van der Waals surface area contributed by atoms with Crippen LogP contribution in [0.3, 0.4) is 0 Å². The van der Waals surface area contributed by atoms with Crippen molar-refractivity contribution in [2.24, 2.45) is 5.92 Å². The van der Waals surface area contributed by atoms with Crippen LogP contribution < -0.4 is 10.6 Å². The zero-order chi connectivity index (χ0) is 15.3. The second-order valence-corrected chi connectivity index (χ2v) is 6.67. The van der Waals surface area contributed by atoms with Gasteiger partial charge in [0.1, 0.15) is 0 Å². The van der Waals surface area contributed by atoms with Gasteiger partial charge in [-0.25, -0.2) is 9.37 Å². The molecule has 0 aromatic carbocycles. The number of hydrogen-bond acceptors (Lipinski definition) is 4. The molecule has 0 radical (unpaired) electrons. The first-order valence-electron chi connectivity index (χ1n) is 7.66. The van der Waals surface area contributed by atoms with Crippen molar-refractivity contribution in [3.8, 4) is 0 Å². The molecule has 5 heteroatoms. The normalized spacial score (nSPS) is 17.0. The molecule has 2 N–H and O–H groups in total. The number of anilines is 1. The topological polar surface area (TPSA) is 46.2 Å². The fraction of sp³-hybridized carbons (Fsp3) is 0.688. The minimum Gasteiger partial charge on any atom is -0.381 e. The molecule has 2 heterocycles. The zero-order valence-corrected chi connectivity index (χ0v) is 13.2. The van der Waals surface area contributed by atoms with Crippen molar-refractivity contribution in [1.29, 1.82) is 0 Å². The maximum Gasteiger partial charge on any atom is 0.169 e. The largest absolute Gasteiger partial charge is 0.381 e. The molecular weight excluding hydrogens is 269 g/mol. The van der Waals surface area contributed by atoms with Gasteiger partial charge in [0, 0.05) is 43.6 Å². The predicted molar refractivity (Wildman–Crippen MR) is 82.8 cm³/mol. The first kappa shape index (κ1) is 16.2. The van der Waals surface area contributed by atoms with Crippen LogP contribution in [0.4, 0.5) is 10.2 Å². The molecule has 0 saturated carbocycles. The molecule has 1 aliphatic heterocycles. The van der Waals surface area contributed by atoms with Gasteiger partial charge in [-0.05, 0) is 45.6 Å². The van der Waals surface area contributed by atoms with Crippen LogP contribution in [0, 0.1) is 11.7 Å². The molecule has 1 aliphatic rings. The van der Waals surface area contributed by atoms with Crippen LogP contribution in [0.15, 0.2) is 12.3 Å². The zero-order valence-electron chi connectivity index (χ0n) is 13.2. The Balaban J connectivity index is 1.93. The summed E-state index contributed by atoms with van der Waals surface area (Å²) in [6.07, 6.45) is 3.72. The molecule has 0 amide bonds. The lowest BCUT2D eigenvalue weighted by molar-refractivity contribution is 0.0699. The van der Waals surface area contributed by atoms with Gasteiger partial charge in [0.25, 0.3) is 0 Å². The maximum atomic E-state index is 14.4. The number of ether oxygens (including phenoxy) is 1. The lowest BCUT2D eigenvalue weighted by Gasteiger charge is -2.23. The van der Waals surface area contributed by atoms with Gasteiger partial charge in [-0.2, -0.15) is 0 Å². The minimum atomic E-state index is -0.249. The van der Waals surface area contributed by atoms with Gasteiger partial charge in [-0.1, -0.05) is 0 Å². The van der Waals surface area contributed by atoms with Crippen molar-refractivity contribution in [2.45, 2.75) is 45.7 Å². The van der Waals surface area contributed by atoms with Crippen LogP contribution in [-0.2, 0) is 11.3 Å². The smallest absolute Gasteiger partial charge is 0.169 e. The van der Waals surface area contributed by atoms with Crippen molar-refractivity contribution in [3.05, 3.63) is 23.6 Å². The second kappa shape index (κ2) is 7.18. The molecule has 21 heavy (non-hydrogen) atoms. The Morgan fingerprint density at radius 1 is 1.33 bits per heavy atom. The van der Waals surface area contributed by atoms with Crippen LogP contribution in [0.1, 0.15) is 39.2 Å². The highest BCUT2D eigenvalue weighted by atomic mass is 19.1. The fourth-order valence-electron chi connectivity index (χ4n) is 2.30. The Labute approximate surface area is 126 Å². The van der Waals surface area contributed by atoms with Crippen LogP contribution in [0.5, 0.6) is 0 Å². The van der Waals surface area contributed by atoms with E-state index in [4.69, 9.17) is 4.74 Å². The highest BCUT2D eigenvalue weighted by Gasteiger charge is 2.16. The summed E-state index contributed by atoms with van der Waals surface area (Å²) in [6, 6.07) is 1.73. The molecule has 0 aliphatic carbocycles. The summed E-state index contributed by atoms with van der Waals surface area (Å²) in [5.41, 5.74) is 0.611. The lowest BCUT2D eigenvalue weighted by Crippen LogP contribution is -2.35. The summed E-state index contributed by atoms with van der Waals surface area (Å²) in [6.45, 7) is 9.06. The average molecular weight is 295 g/mol. The van der Waals surface area contributed by atoms with Crippen molar-refractivity contribution < 1.29 is 9.13 Å². The van der Waals surface area contributed by atoms with Gasteiger partial charge in [-0.3, -0.25) is 0 Å². The number of pyridine rings is 1. The third-order valence-electron chi connectivity index (χ3n) is 3.68. The van der Waals surface area contributed by atoms with Gasteiger partial charge >= 0.3 is 0 Å². The van der Waals surface area contributed by atoms with E-state index in [0.717, 1.165) is 32.6 Å². The Kier molecular flexibility index (Phi) is 5.53. The highest BCUT2D eigenvalue weighted by Crippen LogP contribution is 2.19. The van der Waals surface area contributed by atoms with E-state index in [-0.39, 0.29) is 11.4 Å². The van der Waals surface area contributed by atoms with Gasteiger partial charge in [0.15, 0.2) is 11.6 Å². The quantitative estimate of drug-likeness (QED) is 0.877. The van der Waals surface area contributed by atoms with Gasteiger partial charge < -0.3 is 15.4 Å². The fourth-order valence-corrected chi connectivity index (χ4v) is 2.30. The van der Waals surface area contributed by atoms with Crippen molar-refractivity contribution in [1.82, 2.24) is 10.3 Å². The van der Waals surface area contributed by atoms with Crippen molar-refractivity contribution in [2.75, 3.05) is 25.1 Å². The standard InChI is InChI=1S/C16H26FN3O/c1-16(2,3)20-11-13-4-7-18-15(14(13)17)19-10-12-5-8-21-9-6-12/h4,7,12,20H,5-6,8-11H2,1-3H3,(H,18,19). The summed E-state index contributed by atoms with van der Waals surface area (Å²) in [7, 11) is 0. The highest BCUT2D eigenvalue weighted by molar-refractivity contribution is 5.40. The summed E-state index contributed by atoms with van der Waals surface area (Å²) in [5.74, 6) is 0.646. The predicted octanol–water partition coefficient (Wildman–Crippen LogP) is 2.95. The Morgan fingerprint density at radius 3 is 2.71 bits per heavy atom. The molecule has 1 aromatic heterocycles. The van der Waals surface area contributed by atoms with Gasteiger partial charge in [0.05, 0.1) is 0 Å². The molecule has 4 nitrogen and oxygen atoms in total. The first-order chi connectivity index (χ1) is 9.96. The number of rotatable bonds is 5. The van der Waals surface area contributed by atoms with E-state index in [1.54, 1.807) is 12.3 Å². The monoisotopic (exact) mass is 295 g/mol. The molecule has 0 atom stereocenters. The second-order valence-electron chi connectivity index (χ2n) is 6.67. The summed E-state index contributed by atoms with van der Waals surface area (Å²) < 4.78 is 19.7. The van der Waals surface area contributed by atoms with E-state index in [2.05, 4.69) is 36.4 Å². The van der Waals surface area contributed by atoms with Crippen LogP contribution >= 0.6 is 0 Å². The molecular formula is C16H26FN3O. The third kappa shape index (κ3) is 5.25. The number of nitrogens with one attached hydrogen (secondary N) is 2. The minimum absolute atomic E-state index is 0.0363. The van der Waals surface area contributed by atoms with Crippen molar-refractivity contribution in [3.63, 3.8) is 0 Å². The summed E-state index contributed by atoms with van der Waals surface area (Å²) >= 11 is 0. The van der Waals surface area contributed by atoms with Gasteiger partial charge in [0.2, 0.25) is 0 Å². The molecule has 1 fully saturated rings. The third-order valence-corrected chi connectivity index (χ3v) is 3.68. The van der Waals surface area contributed by atoms with E-state index in [1.165, 1.54) is 0 Å². The molecule has 1 aromatic rings. The Morgan fingerprint density at radius 2 is 2.05 bits per heavy atom. The number of nitrogens with zero attached hydrogens (tertiary/aromatic N) is 1. The lowest BCUT2D eigenvalue weighted by atomic mass is 10.0. The summed E-state index contributed by atoms with van der Waals surface area (Å²) in [5, 5.41) is 6.45. The number of hydrogen-bond donors (Lipinski definition) is 2. The van der Waals surface area contributed by atoms with E-state index < -0.39 is 0 Å². The Bertz CT molecular complexity index is 453. The first-order valence-corrected chi connectivity index (χ1v) is 7.66. The van der Waals surface area contributed by atoms with E-state index in [0.29, 0.717) is 23.8 Å². The molecule has 0 spiro atoms. The molecule has 0 bridgehead atoms. The van der Waals surface area contributed by atoms with E-state index in [1.807, 2.05) is 0 Å². The number of halogens is 1. The molecule has 1 saturated heterocycles. The van der Waals surface area contributed by atoms with Crippen LogP contribution in [0.25, 0.3) is 0 Å². The van der Waals surface area contributed by atoms with E-state index in [9.17, 15) is 4.39 Å². The van der Waals surface area contributed by atoms with Gasteiger partial charge in [-0.15, -0.1) is 0 Å². The van der Waals surface area contributed by atoms with Crippen LogP contribution in [0.2, 0.25) is 0 Å². The number of aromatic nitrogens is 1. The maximum absolute atomic E-state index is 14.4. The molecule has 2 rings (SSSR count). The van der Waals surface area contributed by atoms with Crippen LogP contribution in [-0.4, -0.2) is 30.3 Å². The summed E-state index contributed by atoms with van der Waals surface area (Å²) in [4.78, 5) is 4.12. The SMILES string of the molecule is CC(C)(C)NCc1ccnc(NCC2CCOCC2)c1F. The molecule has 0 unspecified atom stereocenters. The Hall–Kier alpha value is -1.20.